The van der Waals surface area contributed by atoms with E-state index in [1.165, 1.54) is 23.4 Å². The van der Waals surface area contributed by atoms with Gasteiger partial charge in [0.2, 0.25) is 5.82 Å². The monoisotopic (exact) mass is 364 g/mol. The number of halogens is 2. The van der Waals surface area contributed by atoms with E-state index in [2.05, 4.69) is 20.1 Å². The molecule has 3 aromatic rings. The van der Waals surface area contributed by atoms with Crippen molar-refractivity contribution in [2.75, 3.05) is 0 Å². The van der Waals surface area contributed by atoms with Gasteiger partial charge in [-0.05, 0) is 12.1 Å². The van der Waals surface area contributed by atoms with E-state index in [1.807, 2.05) is 0 Å². The predicted molar refractivity (Wildman–Crippen MR) is 86.3 cm³/mol. The molecule has 2 aromatic heterocycles. The van der Waals surface area contributed by atoms with E-state index in [4.69, 9.17) is 33.7 Å². The van der Waals surface area contributed by atoms with E-state index in [-0.39, 0.29) is 18.4 Å². The second-order valence-corrected chi connectivity index (χ2v) is 5.40. The van der Waals surface area contributed by atoms with Gasteiger partial charge in [-0.1, -0.05) is 29.3 Å². The molecule has 0 unspecified atom stereocenters. The summed E-state index contributed by atoms with van der Waals surface area (Å²) in [5, 5.41) is 4.89. The molecule has 0 radical (unpaired) electrons. The highest BCUT2D eigenvalue weighted by molar-refractivity contribution is 6.35. The van der Waals surface area contributed by atoms with Gasteiger partial charge in [-0.2, -0.15) is 4.68 Å². The lowest BCUT2D eigenvalue weighted by molar-refractivity contribution is 0.0990. The van der Waals surface area contributed by atoms with Crippen molar-refractivity contribution in [3.63, 3.8) is 0 Å². The summed E-state index contributed by atoms with van der Waals surface area (Å²) in [6.07, 6.45) is 4.21. The molecule has 8 nitrogen and oxygen atoms in total. The number of carbonyl (C=O) groups is 1. The molecule has 0 saturated carbocycles. The quantitative estimate of drug-likeness (QED) is 0.741. The maximum atomic E-state index is 11.0. The van der Waals surface area contributed by atoms with Crippen LogP contribution in [0.5, 0.6) is 5.75 Å². The maximum Gasteiger partial charge on any atom is 0.288 e. The summed E-state index contributed by atoms with van der Waals surface area (Å²) >= 11 is 12.2. The first-order chi connectivity index (χ1) is 11.5. The number of carbonyl (C=O) groups excluding carboxylic acids is 1. The lowest BCUT2D eigenvalue weighted by Gasteiger charge is -2.09. The van der Waals surface area contributed by atoms with Crippen LogP contribution in [0.25, 0.3) is 5.95 Å². The number of primary amides is 1. The summed E-state index contributed by atoms with van der Waals surface area (Å²) < 4.78 is 6.81. The van der Waals surface area contributed by atoms with Gasteiger partial charge in [-0.15, -0.1) is 5.10 Å². The zero-order valence-corrected chi connectivity index (χ0v) is 13.6. The Morgan fingerprint density at radius 2 is 1.83 bits per heavy atom. The molecule has 0 bridgehead atoms. The lowest BCUT2D eigenvalue weighted by atomic mass is 10.2. The van der Waals surface area contributed by atoms with Crippen LogP contribution < -0.4 is 10.5 Å². The Hall–Kier alpha value is -2.71. The smallest absolute Gasteiger partial charge is 0.288 e. The molecule has 0 spiro atoms. The van der Waals surface area contributed by atoms with Crippen molar-refractivity contribution in [1.29, 1.82) is 0 Å². The molecule has 10 heteroatoms. The van der Waals surface area contributed by atoms with E-state index < -0.39 is 5.91 Å². The molecule has 0 aliphatic carbocycles. The molecule has 0 saturated heterocycles. The number of amides is 1. The number of hydrogen-bond acceptors (Lipinski definition) is 6. The van der Waals surface area contributed by atoms with Gasteiger partial charge in [0.1, 0.15) is 12.9 Å². The minimum absolute atomic E-state index is 0.118. The molecule has 2 N–H and O–H groups in total. The zero-order valence-electron chi connectivity index (χ0n) is 12.1. The number of rotatable bonds is 5. The summed E-state index contributed by atoms with van der Waals surface area (Å²) in [7, 11) is 0. The molecule has 0 fully saturated rings. The van der Waals surface area contributed by atoms with Crippen LogP contribution in [0, 0.1) is 0 Å². The summed E-state index contributed by atoms with van der Waals surface area (Å²) in [6, 6.07) is 5.21. The molecule has 2 heterocycles. The van der Waals surface area contributed by atoms with E-state index in [1.54, 1.807) is 18.2 Å². The van der Waals surface area contributed by atoms with Crippen LogP contribution in [-0.4, -0.2) is 30.6 Å². The molecule has 0 aliphatic heterocycles. The first-order valence-corrected chi connectivity index (χ1v) is 7.40. The van der Waals surface area contributed by atoms with Gasteiger partial charge < -0.3 is 10.5 Å². The summed E-state index contributed by atoms with van der Waals surface area (Å²) in [4.78, 5) is 22.9. The average molecular weight is 365 g/mol. The standard InChI is InChI=1S/C14H10Cl2N6O2/c15-10-2-1-3-11(16)9(10)6-24-8-4-18-14(19-5-8)22-7-20-13(21-22)12(17)23/h1-5,7H,6H2,(H2,17,23). The third-order valence-corrected chi connectivity index (χ3v) is 3.68. The van der Waals surface area contributed by atoms with Crippen molar-refractivity contribution in [1.82, 2.24) is 24.7 Å². The number of hydrogen-bond donors (Lipinski definition) is 1. The van der Waals surface area contributed by atoms with Gasteiger partial charge in [0.05, 0.1) is 12.4 Å². The first kappa shape index (κ1) is 16.2. The highest BCUT2D eigenvalue weighted by Gasteiger charge is 2.10. The SMILES string of the molecule is NC(=O)c1ncn(-c2ncc(OCc3c(Cl)cccc3Cl)cn2)n1. The molecule has 0 atom stereocenters. The molecular weight excluding hydrogens is 355 g/mol. The number of nitrogens with zero attached hydrogens (tertiary/aromatic N) is 5. The Bertz CT molecular complexity index is 861. The lowest BCUT2D eigenvalue weighted by Crippen LogP contribution is -2.13. The van der Waals surface area contributed by atoms with Gasteiger partial charge in [0.15, 0.2) is 5.75 Å². The van der Waals surface area contributed by atoms with Crippen molar-refractivity contribution in [2.45, 2.75) is 6.61 Å². The minimum atomic E-state index is -0.731. The fourth-order valence-electron chi connectivity index (χ4n) is 1.80. The average Bonchev–Trinajstić information content (AvgIpc) is 3.05. The number of ether oxygens (including phenoxy) is 1. The fraction of sp³-hybridized carbons (Fsp3) is 0.0714. The topological polar surface area (TPSA) is 109 Å². The summed E-state index contributed by atoms with van der Waals surface area (Å²) in [6.45, 7) is 0.177. The Morgan fingerprint density at radius 1 is 1.17 bits per heavy atom. The van der Waals surface area contributed by atoms with Crippen molar-refractivity contribution in [3.8, 4) is 11.7 Å². The number of nitrogens with two attached hydrogens (primary N) is 1. The number of aromatic nitrogens is 5. The van der Waals surface area contributed by atoms with Crippen LogP contribution in [0.4, 0.5) is 0 Å². The first-order valence-electron chi connectivity index (χ1n) is 6.64. The van der Waals surface area contributed by atoms with Crippen LogP contribution in [0.15, 0.2) is 36.9 Å². The van der Waals surface area contributed by atoms with Crippen molar-refractivity contribution >= 4 is 29.1 Å². The van der Waals surface area contributed by atoms with E-state index >= 15 is 0 Å². The molecule has 0 aliphatic rings. The largest absolute Gasteiger partial charge is 0.486 e. The summed E-state index contributed by atoms with van der Waals surface area (Å²) in [5.74, 6) is -0.208. The van der Waals surface area contributed by atoms with Crippen molar-refractivity contribution in [3.05, 3.63) is 58.4 Å². The number of benzene rings is 1. The van der Waals surface area contributed by atoms with Crippen LogP contribution >= 0.6 is 23.2 Å². The van der Waals surface area contributed by atoms with E-state index in [0.717, 1.165) is 0 Å². The van der Waals surface area contributed by atoms with Crippen LogP contribution in [0.1, 0.15) is 16.2 Å². The minimum Gasteiger partial charge on any atom is -0.486 e. The third-order valence-electron chi connectivity index (χ3n) is 2.98. The maximum absolute atomic E-state index is 11.0. The zero-order chi connectivity index (χ0) is 17.1. The Balaban J connectivity index is 1.71. The normalized spacial score (nSPS) is 10.6. The van der Waals surface area contributed by atoms with Crippen LogP contribution in [0.2, 0.25) is 10.0 Å². The van der Waals surface area contributed by atoms with E-state index in [0.29, 0.717) is 21.4 Å². The Morgan fingerprint density at radius 3 is 2.42 bits per heavy atom. The Labute approximate surface area is 146 Å². The van der Waals surface area contributed by atoms with E-state index in [9.17, 15) is 4.79 Å². The molecule has 1 aromatic carbocycles. The predicted octanol–water partition coefficient (Wildman–Crippen LogP) is 2.04. The highest BCUT2D eigenvalue weighted by Crippen LogP contribution is 2.25. The molecule has 1 amide bonds. The van der Waals surface area contributed by atoms with Crippen molar-refractivity contribution in [2.24, 2.45) is 5.73 Å². The fourth-order valence-corrected chi connectivity index (χ4v) is 2.31. The van der Waals surface area contributed by atoms with Gasteiger partial charge >= 0.3 is 0 Å². The van der Waals surface area contributed by atoms with Gasteiger partial charge in [-0.25, -0.2) is 15.0 Å². The van der Waals surface area contributed by atoms with Crippen LogP contribution in [-0.2, 0) is 6.61 Å². The highest BCUT2D eigenvalue weighted by atomic mass is 35.5. The Kier molecular flexibility index (Phi) is 4.59. The molecule has 3 rings (SSSR count). The molecule has 122 valence electrons. The second-order valence-electron chi connectivity index (χ2n) is 4.58. The van der Waals surface area contributed by atoms with Gasteiger partial charge in [0.25, 0.3) is 11.9 Å². The third kappa shape index (κ3) is 3.44. The molecule has 24 heavy (non-hydrogen) atoms. The second kappa shape index (κ2) is 6.81. The van der Waals surface area contributed by atoms with Crippen LogP contribution in [0.3, 0.4) is 0 Å². The molecular formula is C14H10Cl2N6O2. The summed E-state index contributed by atoms with van der Waals surface area (Å²) in [5.41, 5.74) is 5.76. The van der Waals surface area contributed by atoms with Gasteiger partial charge in [0, 0.05) is 15.6 Å². The van der Waals surface area contributed by atoms with Gasteiger partial charge in [-0.3, -0.25) is 4.79 Å². The van der Waals surface area contributed by atoms with Crippen molar-refractivity contribution < 1.29 is 9.53 Å².